The number of nitrogens with one attached hydrogen (secondary N) is 3. The molecule has 8 nitrogen and oxygen atoms in total. The second-order valence-corrected chi connectivity index (χ2v) is 6.60. The van der Waals surface area contributed by atoms with E-state index in [2.05, 4.69) is 30.4 Å². The first-order valence-electron chi connectivity index (χ1n) is 6.08. The van der Waals surface area contributed by atoms with Crippen LogP contribution in [-0.4, -0.2) is 35.4 Å². The summed E-state index contributed by atoms with van der Waals surface area (Å²) >= 11 is 1.12. The normalized spacial score (nSPS) is 11.7. The molecule has 0 aliphatic heterocycles. The second kappa shape index (κ2) is 6.29. The van der Waals surface area contributed by atoms with Crippen molar-refractivity contribution in [3.05, 3.63) is 16.9 Å². The first-order chi connectivity index (χ1) is 9.54. The molecular formula is C10H16N6O2S2. The Labute approximate surface area is 121 Å². The van der Waals surface area contributed by atoms with Gasteiger partial charge in [-0.05, 0) is 19.9 Å². The summed E-state index contributed by atoms with van der Waals surface area (Å²) in [5.41, 5.74) is 2.42. The van der Waals surface area contributed by atoms with Crippen molar-refractivity contribution >= 4 is 26.5 Å². The lowest BCUT2D eigenvalue weighted by Crippen LogP contribution is -2.19. The molecule has 0 aliphatic carbocycles. The van der Waals surface area contributed by atoms with Crippen LogP contribution in [-0.2, 0) is 16.6 Å². The zero-order valence-corrected chi connectivity index (χ0v) is 12.8. The Hall–Kier alpha value is -1.52. The number of H-pyrrole nitrogens is 1. The number of sulfonamides is 1. The highest BCUT2D eigenvalue weighted by molar-refractivity contribution is 7.93. The molecule has 0 atom stereocenters. The van der Waals surface area contributed by atoms with Gasteiger partial charge in [0.2, 0.25) is 5.13 Å². The molecule has 3 N–H and O–H groups in total. The molecule has 2 rings (SSSR count). The molecule has 20 heavy (non-hydrogen) atoms. The van der Waals surface area contributed by atoms with Crippen LogP contribution in [0.15, 0.2) is 10.4 Å². The van der Waals surface area contributed by atoms with Crippen molar-refractivity contribution in [2.75, 3.05) is 11.3 Å². The Kier molecular flexibility index (Phi) is 4.68. The zero-order chi connectivity index (χ0) is 14.6. The van der Waals surface area contributed by atoms with Gasteiger partial charge >= 0.3 is 0 Å². The van der Waals surface area contributed by atoms with Crippen molar-refractivity contribution in [1.82, 2.24) is 25.7 Å². The van der Waals surface area contributed by atoms with E-state index in [1.807, 2.05) is 6.92 Å². The van der Waals surface area contributed by atoms with Crippen LogP contribution < -0.4 is 10.0 Å². The number of hydrogen-bond donors (Lipinski definition) is 3. The number of anilines is 1. The number of rotatable bonds is 7. The van der Waals surface area contributed by atoms with E-state index in [1.165, 1.54) is 5.51 Å². The number of aromatic nitrogens is 4. The summed E-state index contributed by atoms with van der Waals surface area (Å²) in [6.07, 6.45) is 0.967. The Bertz CT molecular complexity index is 649. The third-order valence-corrected chi connectivity index (χ3v) is 4.81. The summed E-state index contributed by atoms with van der Waals surface area (Å²) < 4.78 is 27.2. The van der Waals surface area contributed by atoms with Gasteiger partial charge in [-0.15, -0.1) is 10.2 Å². The minimum absolute atomic E-state index is 0.163. The molecule has 2 aromatic heterocycles. The first-order valence-corrected chi connectivity index (χ1v) is 8.44. The Morgan fingerprint density at radius 3 is 2.90 bits per heavy atom. The maximum absolute atomic E-state index is 12.4. The lowest BCUT2D eigenvalue weighted by molar-refractivity contribution is 0.596. The molecule has 10 heteroatoms. The molecule has 0 unspecified atom stereocenters. The molecule has 2 heterocycles. The van der Waals surface area contributed by atoms with Crippen molar-refractivity contribution in [3.63, 3.8) is 0 Å². The highest BCUT2D eigenvalue weighted by atomic mass is 32.2. The average molecular weight is 316 g/mol. The van der Waals surface area contributed by atoms with Crippen LogP contribution in [0.2, 0.25) is 0 Å². The standard InChI is InChI=1S/C10H16N6O2S2/c1-3-4-11-5-8-9(7(2)13-14-8)20(17,18)16-10-15-12-6-19-10/h6,11H,3-5H2,1-2H3,(H,13,14)(H,15,16). The summed E-state index contributed by atoms with van der Waals surface area (Å²) in [5.74, 6) is 0. The highest BCUT2D eigenvalue weighted by Crippen LogP contribution is 2.21. The molecule has 0 aromatic carbocycles. The highest BCUT2D eigenvalue weighted by Gasteiger charge is 2.25. The van der Waals surface area contributed by atoms with Crippen LogP contribution in [0.5, 0.6) is 0 Å². The fraction of sp³-hybridized carbons (Fsp3) is 0.500. The zero-order valence-electron chi connectivity index (χ0n) is 11.2. The molecule has 0 bridgehead atoms. The molecule has 0 aliphatic rings. The van der Waals surface area contributed by atoms with Gasteiger partial charge in [0.1, 0.15) is 10.4 Å². The van der Waals surface area contributed by atoms with E-state index in [4.69, 9.17) is 0 Å². The largest absolute Gasteiger partial charge is 0.311 e. The van der Waals surface area contributed by atoms with Gasteiger partial charge in [-0.3, -0.25) is 9.82 Å². The van der Waals surface area contributed by atoms with Crippen molar-refractivity contribution in [1.29, 1.82) is 0 Å². The molecule has 0 saturated carbocycles. The van der Waals surface area contributed by atoms with Crippen LogP contribution in [0.25, 0.3) is 0 Å². The first kappa shape index (κ1) is 14.9. The molecule has 0 saturated heterocycles. The number of hydrogen-bond acceptors (Lipinski definition) is 7. The number of aromatic amines is 1. The molecule has 0 amide bonds. The fourth-order valence-corrected chi connectivity index (χ4v) is 3.77. The van der Waals surface area contributed by atoms with E-state index in [-0.39, 0.29) is 10.0 Å². The third kappa shape index (κ3) is 3.32. The smallest absolute Gasteiger partial charge is 0.267 e. The van der Waals surface area contributed by atoms with Crippen molar-refractivity contribution < 1.29 is 8.42 Å². The summed E-state index contributed by atoms with van der Waals surface area (Å²) in [5, 5.41) is 17.4. The van der Waals surface area contributed by atoms with Gasteiger partial charge in [-0.25, -0.2) is 8.42 Å². The van der Waals surface area contributed by atoms with Crippen LogP contribution >= 0.6 is 11.3 Å². The molecule has 2 aromatic rings. The maximum Gasteiger partial charge on any atom is 0.267 e. The molecule has 110 valence electrons. The number of nitrogens with zero attached hydrogens (tertiary/aromatic N) is 3. The van der Waals surface area contributed by atoms with Gasteiger partial charge in [-0.1, -0.05) is 18.3 Å². The predicted molar refractivity (Wildman–Crippen MR) is 76.0 cm³/mol. The SMILES string of the molecule is CCCNCc1n[nH]c(C)c1S(=O)(=O)Nc1nncs1. The Balaban J connectivity index is 2.24. The maximum atomic E-state index is 12.4. The summed E-state index contributed by atoms with van der Waals surface area (Å²) in [6.45, 7) is 4.90. The monoisotopic (exact) mass is 316 g/mol. The van der Waals surface area contributed by atoms with E-state index in [0.717, 1.165) is 24.3 Å². The van der Waals surface area contributed by atoms with Crippen LogP contribution in [0.3, 0.4) is 0 Å². The van der Waals surface area contributed by atoms with Gasteiger partial charge in [-0.2, -0.15) is 5.10 Å². The predicted octanol–water partition coefficient (Wildman–Crippen LogP) is 0.870. The second-order valence-electron chi connectivity index (χ2n) is 4.15. The molecule has 0 radical (unpaired) electrons. The quantitative estimate of drug-likeness (QED) is 0.653. The number of aryl methyl sites for hydroxylation is 1. The molecular weight excluding hydrogens is 300 g/mol. The minimum Gasteiger partial charge on any atom is -0.311 e. The van der Waals surface area contributed by atoms with Gasteiger partial charge in [0.05, 0.1) is 11.4 Å². The molecule has 0 fully saturated rings. The topological polar surface area (TPSA) is 113 Å². The van der Waals surface area contributed by atoms with Gasteiger partial charge in [0.15, 0.2) is 0 Å². The van der Waals surface area contributed by atoms with E-state index in [1.54, 1.807) is 6.92 Å². The third-order valence-electron chi connectivity index (χ3n) is 2.53. The van der Waals surface area contributed by atoms with E-state index in [0.29, 0.717) is 17.9 Å². The summed E-state index contributed by atoms with van der Waals surface area (Å²) in [6, 6.07) is 0. The van der Waals surface area contributed by atoms with Crippen molar-refractivity contribution in [2.45, 2.75) is 31.7 Å². The van der Waals surface area contributed by atoms with Crippen LogP contribution in [0.1, 0.15) is 24.7 Å². The Morgan fingerprint density at radius 2 is 2.25 bits per heavy atom. The van der Waals surface area contributed by atoms with Gasteiger partial charge in [0, 0.05) is 6.54 Å². The van der Waals surface area contributed by atoms with Crippen molar-refractivity contribution in [3.8, 4) is 0 Å². The lowest BCUT2D eigenvalue weighted by atomic mass is 10.3. The molecule has 0 spiro atoms. The summed E-state index contributed by atoms with van der Waals surface area (Å²) in [4.78, 5) is 0.163. The minimum atomic E-state index is -3.71. The van der Waals surface area contributed by atoms with Crippen molar-refractivity contribution in [2.24, 2.45) is 0 Å². The fourth-order valence-electron chi connectivity index (χ4n) is 1.71. The van der Waals surface area contributed by atoms with Gasteiger partial charge < -0.3 is 5.32 Å². The van der Waals surface area contributed by atoms with E-state index in [9.17, 15) is 8.42 Å². The van der Waals surface area contributed by atoms with Crippen LogP contribution in [0.4, 0.5) is 5.13 Å². The lowest BCUT2D eigenvalue weighted by Gasteiger charge is -2.07. The average Bonchev–Trinajstić information content (AvgIpc) is 2.99. The Morgan fingerprint density at radius 1 is 1.45 bits per heavy atom. The van der Waals surface area contributed by atoms with Gasteiger partial charge in [0.25, 0.3) is 10.0 Å². The van der Waals surface area contributed by atoms with E-state index < -0.39 is 10.0 Å². The summed E-state index contributed by atoms with van der Waals surface area (Å²) in [7, 11) is -3.71. The van der Waals surface area contributed by atoms with E-state index >= 15 is 0 Å². The van der Waals surface area contributed by atoms with Crippen LogP contribution in [0, 0.1) is 6.92 Å².